The van der Waals surface area contributed by atoms with Crippen LogP contribution >= 0.6 is 11.6 Å². The Balaban J connectivity index is 2.06. The predicted octanol–water partition coefficient (Wildman–Crippen LogP) is 3.78. The second-order valence-electron chi connectivity index (χ2n) is 5.54. The van der Waals surface area contributed by atoms with E-state index < -0.39 is 12.0 Å². The maximum atomic E-state index is 12.6. The molecule has 2 aromatic carbocycles. The van der Waals surface area contributed by atoms with Gasteiger partial charge in [-0.1, -0.05) is 54.1 Å². The van der Waals surface area contributed by atoms with Crippen LogP contribution < -0.4 is 5.32 Å². The van der Waals surface area contributed by atoms with Crippen molar-refractivity contribution in [1.82, 2.24) is 5.32 Å². The fourth-order valence-corrected chi connectivity index (χ4v) is 2.62. The largest absolute Gasteiger partial charge is 0.463 e. The Bertz CT molecular complexity index is 721. The van der Waals surface area contributed by atoms with Gasteiger partial charge in [-0.25, -0.2) is 0 Å². The lowest BCUT2D eigenvalue weighted by Crippen LogP contribution is -2.31. The van der Waals surface area contributed by atoms with Gasteiger partial charge in [0.15, 0.2) is 0 Å². The molecule has 1 N–H and O–H groups in total. The first-order valence-corrected chi connectivity index (χ1v) is 8.83. The molecule has 1 amide bonds. The van der Waals surface area contributed by atoms with Gasteiger partial charge in [-0.2, -0.15) is 0 Å². The van der Waals surface area contributed by atoms with E-state index in [4.69, 9.17) is 21.1 Å². The molecule has 0 aliphatic rings. The molecule has 1 atom stereocenters. The van der Waals surface area contributed by atoms with Crippen LogP contribution in [-0.4, -0.2) is 31.7 Å². The average Bonchev–Trinajstić information content (AvgIpc) is 2.65. The van der Waals surface area contributed by atoms with Crippen molar-refractivity contribution in [3.63, 3.8) is 0 Å². The molecule has 0 heterocycles. The molecule has 1 unspecified atom stereocenters. The highest BCUT2D eigenvalue weighted by atomic mass is 35.5. The molecule has 2 rings (SSSR count). The smallest absolute Gasteiger partial charge is 0.308 e. The fraction of sp³-hybridized carbons (Fsp3) is 0.300. The normalized spacial score (nSPS) is 11.6. The zero-order valence-corrected chi connectivity index (χ0v) is 15.4. The molecule has 0 radical (unpaired) electrons. The number of hydrogen-bond donors (Lipinski definition) is 1. The summed E-state index contributed by atoms with van der Waals surface area (Å²) in [5.74, 6) is -0.746. The van der Waals surface area contributed by atoms with E-state index in [0.717, 1.165) is 5.56 Å². The number of esters is 1. The van der Waals surface area contributed by atoms with Crippen molar-refractivity contribution in [3.8, 4) is 0 Å². The molecule has 26 heavy (non-hydrogen) atoms. The summed E-state index contributed by atoms with van der Waals surface area (Å²) >= 11 is 6.09. The van der Waals surface area contributed by atoms with Crippen molar-refractivity contribution in [1.29, 1.82) is 0 Å². The van der Waals surface area contributed by atoms with E-state index in [9.17, 15) is 9.59 Å². The molecule has 2 aromatic rings. The highest BCUT2D eigenvalue weighted by molar-refractivity contribution is 6.33. The monoisotopic (exact) mass is 375 g/mol. The number of hydrogen-bond acceptors (Lipinski definition) is 4. The molecule has 0 aliphatic carbocycles. The third-order valence-corrected chi connectivity index (χ3v) is 4.02. The Kier molecular flexibility index (Phi) is 8.12. The molecule has 0 saturated heterocycles. The number of benzene rings is 2. The summed E-state index contributed by atoms with van der Waals surface area (Å²) in [4.78, 5) is 24.7. The van der Waals surface area contributed by atoms with Crippen LogP contribution in [-0.2, 0) is 14.3 Å². The van der Waals surface area contributed by atoms with Gasteiger partial charge >= 0.3 is 5.97 Å². The Morgan fingerprint density at radius 2 is 1.73 bits per heavy atom. The summed E-state index contributed by atoms with van der Waals surface area (Å²) in [5, 5.41) is 3.22. The van der Waals surface area contributed by atoms with Crippen molar-refractivity contribution in [3.05, 3.63) is 70.7 Å². The van der Waals surface area contributed by atoms with Crippen LogP contribution in [0.15, 0.2) is 54.6 Å². The molecule has 0 saturated carbocycles. The van der Waals surface area contributed by atoms with Crippen LogP contribution in [0.5, 0.6) is 0 Å². The number of rotatable bonds is 9. The van der Waals surface area contributed by atoms with Crippen molar-refractivity contribution >= 4 is 23.5 Å². The fourth-order valence-electron chi connectivity index (χ4n) is 2.40. The van der Waals surface area contributed by atoms with Gasteiger partial charge in [-0.3, -0.25) is 9.59 Å². The topological polar surface area (TPSA) is 64.6 Å². The van der Waals surface area contributed by atoms with Gasteiger partial charge in [-0.05, 0) is 24.6 Å². The molecule has 0 aliphatic heterocycles. The minimum atomic E-state index is -0.514. The molecule has 138 valence electrons. The van der Waals surface area contributed by atoms with Crippen LogP contribution in [0.2, 0.25) is 5.02 Å². The lowest BCUT2D eigenvalue weighted by Gasteiger charge is -2.19. The van der Waals surface area contributed by atoms with Gasteiger partial charge in [-0.15, -0.1) is 0 Å². The second kappa shape index (κ2) is 10.6. The third kappa shape index (κ3) is 6.17. The van der Waals surface area contributed by atoms with Gasteiger partial charge in [0.05, 0.1) is 29.7 Å². The SMILES string of the molecule is CCOCCOC(=O)CC(NC(=O)c1ccccc1Cl)c1ccccc1. The molecule has 0 fully saturated rings. The standard InChI is InChI=1S/C20H22ClNO4/c1-2-25-12-13-26-19(23)14-18(15-8-4-3-5-9-15)22-20(24)16-10-6-7-11-17(16)21/h3-11,18H,2,12-14H2,1H3,(H,22,24). The number of carbonyl (C=O) groups excluding carboxylic acids is 2. The van der Waals surface area contributed by atoms with Gasteiger partial charge in [0.2, 0.25) is 0 Å². The summed E-state index contributed by atoms with van der Waals surface area (Å²) in [6.07, 6.45) is 0.0202. The molecule has 6 heteroatoms. The molecule has 0 spiro atoms. The average molecular weight is 376 g/mol. The molecular formula is C20H22ClNO4. The Morgan fingerprint density at radius 1 is 1.04 bits per heavy atom. The molecule has 5 nitrogen and oxygen atoms in total. The number of nitrogens with one attached hydrogen (secondary N) is 1. The minimum Gasteiger partial charge on any atom is -0.463 e. The maximum absolute atomic E-state index is 12.6. The van der Waals surface area contributed by atoms with Gasteiger partial charge in [0, 0.05) is 6.61 Å². The summed E-state index contributed by atoms with van der Waals surface area (Å²) in [7, 11) is 0. The third-order valence-electron chi connectivity index (χ3n) is 3.69. The Labute approximate surface area is 158 Å². The van der Waals surface area contributed by atoms with Crippen LogP contribution in [0.3, 0.4) is 0 Å². The van der Waals surface area contributed by atoms with Crippen molar-refractivity contribution in [2.24, 2.45) is 0 Å². The zero-order chi connectivity index (χ0) is 18.8. The van der Waals surface area contributed by atoms with Crippen LogP contribution in [0, 0.1) is 0 Å². The number of ether oxygens (including phenoxy) is 2. The quantitative estimate of drug-likeness (QED) is 0.535. The Morgan fingerprint density at radius 3 is 2.42 bits per heavy atom. The predicted molar refractivity (Wildman–Crippen MR) is 100 cm³/mol. The first kappa shape index (κ1) is 19.9. The van der Waals surface area contributed by atoms with Gasteiger partial charge in [0.1, 0.15) is 6.61 Å². The zero-order valence-electron chi connectivity index (χ0n) is 14.6. The number of carbonyl (C=O) groups is 2. The second-order valence-corrected chi connectivity index (χ2v) is 5.95. The Hall–Kier alpha value is -2.37. The van der Waals surface area contributed by atoms with E-state index in [1.54, 1.807) is 24.3 Å². The van der Waals surface area contributed by atoms with Crippen LogP contribution in [0.4, 0.5) is 0 Å². The van der Waals surface area contributed by atoms with E-state index in [1.807, 2.05) is 37.3 Å². The lowest BCUT2D eigenvalue weighted by atomic mass is 10.0. The summed E-state index contributed by atoms with van der Waals surface area (Å²) in [6.45, 7) is 2.98. The van der Waals surface area contributed by atoms with E-state index in [0.29, 0.717) is 23.8 Å². The number of amides is 1. The van der Waals surface area contributed by atoms with Gasteiger partial charge < -0.3 is 14.8 Å². The van der Waals surface area contributed by atoms with Crippen LogP contribution in [0.1, 0.15) is 35.3 Å². The van der Waals surface area contributed by atoms with Crippen molar-refractivity contribution in [2.45, 2.75) is 19.4 Å². The summed E-state index contributed by atoms with van der Waals surface area (Å²) < 4.78 is 10.3. The maximum Gasteiger partial charge on any atom is 0.308 e. The molecular weight excluding hydrogens is 354 g/mol. The van der Waals surface area contributed by atoms with E-state index in [-0.39, 0.29) is 18.9 Å². The lowest BCUT2D eigenvalue weighted by molar-refractivity contribution is -0.145. The van der Waals surface area contributed by atoms with E-state index >= 15 is 0 Å². The van der Waals surface area contributed by atoms with Crippen LogP contribution in [0.25, 0.3) is 0 Å². The van der Waals surface area contributed by atoms with Gasteiger partial charge in [0.25, 0.3) is 5.91 Å². The van der Waals surface area contributed by atoms with Crippen molar-refractivity contribution < 1.29 is 19.1 Å². The summed E-state index contributed by atoms with van der Waals surface area (Å²) in [6, 6.07) is 15.5. The number of halogens is 1. The first-order chi connectivity index (χ1) is 12.6. The van der Waals surface area contributed by atoms with Crippen molar-refractivity contribution in [2.75, 3.05) is 19.8 Å². The highest BCUT2D eigenvalue weighted by Crippen LogP contribution is 2.20. The molecule has 0 aromatic heterocycles. The summed E-state index contributed by atoms with van der Waals surface area (Å²) in [5.41, 5.74) is 1.18. The van der Waals surface area contributed by atoms with E-state index in [2.05, 4.69) is 5.32 Å². The minimum absolute atomic E-state index is 0.0202. The molecule has 0 bridgehead atoms. The van der Waals surface area contributed by atoms with E-state index in [1.165, 1.54) is 0 Å². The first-order valence-electron chi connectivity index (χ1n) is 8.45. The highest BCUT2D eigenvalue weighted by Gasteiger charge is 2.21.